The third kappa shape index (κ3) is 3.50. The fraction of sp³-hybridized carbons (Fsp3) is 0.261. The normalized spacial score (nSPS) is 16.0. The summed E-state index contributed by atoms with van der Waals surface area (Å²) in [5, 5.41) is 3.53. The van der Waals surface area contributed by atoms with Crippen LogP contribution < -0.4 is 20.3 Å². The van der Waals surface area contributed by atoms with Crippen LogP contribution in [0, 0.1) is 6.92 Å². The van der Waals surface area contributed by atoms with Gasteiger partial charge in [0, 0.05) is 35.7 Å². The number of carbonyl (C=O) groups is 2. The van der Waals surface area contributed by atoms with Gasteiger partial charge in [-0.25, -0.2) is 0 Å². The molecule has 2 amide bonds. The topological polar surface area (TPSA) is 101 Å². The van der Waals surface area contributed by atoms with Crippen molar-refractivity contribution >= 4 is 28.4 Å². The second-order valence-electron chi connectivity index (χ2n) is 7.73. The predicted octanol–water partition coefficient (Wildman–Crippen LogP) is 2.52. The van der Waals surface area contributed by atoms with E-state index in [0.717, 1.165) is 5.56 Å². The summed E-state index contributed by atoms with van der Waals surface area (Å²) in [6.45, 7) is 3.26. The lowest BCUT2D eigenvalue weighted by Gasteiger charge is -2.37. The number of benzene rings is 2. The average molecular weight is 419 g/mol. The van der Waals surface area contributed by atoms with Gasteiger partial charge in [0.1, 0.15) is 19.3 Å². The fourth-order valence-corrected chi connectivity index (χ4v) is 3.87. The molecule has 1 saturated heterocycles. The Labute approximate surface area is 177 Å². The van der Waals surface area contributed by atoms with Gasteiger partial charge in [0.25, 0.3) is 11.5 Å². The summed E-state index contributed by atoms with van der Waals surface area (Å²) < 4.78 is 11.2. The smallest absolute Gasteiger partial charge is 0.254 e. The van der Waals surface area contributed by atoms with Crippen LogP contribution in [0.25, 0.3) is 10.9 Å². The molecule has 0 aliphatic carbocycles. The molecule has 1 aromatic heterocycles. The van der Waals surface area contributed by atoms with Crippen LogP contribution in [0.2, 0.25) is 0 Å². The molecule has 2 aliphatic rings. The van der Waals surface area contributed by atoms with Crippen LogP contribution in [-0.4, -0.2) is 41.5 Å². The zero-order valence-electron chi connectivity index (χ0n) is 16.9. The number of carbonyl (C=O) groups excluding carboxylic acids is 2. The van der Waals surface area contributed by atoms with Crippen LogP contribution in [0.5, 0.6) is 11.5 Å². The summed E-state index contributed by atoms with van der Waals surface area (Å²) in [6, 6.07) is 11.5. The highest BCUT2D eigenvalue weighted by Crippen LogP contribution is 2.35. The van der Waals surface area contributed by atoms with E-state index in [1.54, 1.807) is 30.3 Å². The van der Waals surface area contributed by atoms with E-state index in [9.17, 15) is 14.4 Å². The molecule has 5 rings (SSSR count). The maximum Gasteiger partial charge on any atom is 0.254 e. The number of H-pyrrole nitrogens is 1. The number of fused-ring (bicyclic) bond motifs is 2. The van der Waals surface area contributed by atoms with Gasteiger partial charge in [-0.05, 0) is 31.2 Å². The van der Waals surface area contributed by atoms with E-state index in [2.05, 4.69) is 10.3 Å². The number of hydrogen-bond donors (Lipinski definition) is 2. The molecule has 0 radical (unpaired) electrons. The molecule has 8 nitrogen and oxygen atoms in total. The Morgan fingerprint density at radius 2 is 1.77 bits per heavy atom. The van der Waals surface area contributed by atoms with Gasteiger partial charge < -0.3 is 24.7 Å². The zero-order chi connectivity index (χ0) is 21.5. The minimum absolute atomic E-state index is 0.161. The molecular formula is C23H21N3O5. The largest absolute Gasteiger partial charge is 0.486 e. The van der Waals surface area contributed by atoms with Crippen molar-refractivity contribution in [1.82, 2.24) is 9.88 Å². The first-order valence-electron chi connectivity index (χ1n) is 10.1. The number of β-lactam (4-membered cyclic amide) rings is 1. The second-order valence-corrected chi connectivity index (χ2v) is 7.73. The van der Waals surface area contributed by atoms with Crippen LogP contribution in [0.4, 0.5) is 5.69 Å². The molecule has 0 unspecified atom stereocenters. The van der Waals surface area contributed by atoms with Crippen molar-refractivity contribution in [3.63, 3.8) is 0 Å². The molecule has 8 heteroatoms. The maximum atomic E-state index is 13.2. The number of ether oxygens (including phenoxy) is 2. The minimum Gasteiger partial charge on any atom is -0.486 e. The molecule has 31 heavy (non-hydrogen) atoms. The van der Waals surface area contributed by atoms with Gasteiger partial charge in [0.15, 0.2) is 11.5 Å². The van der Waals surface area contributed by atoms with E-state index >= 15 is 0 Å². The second kappa shape index (κ2) is 7.46. The summed E-state index contributed by atoms with van der Waals surface area (Å²) in [7, 11) is 0. The summed E-state index contributed by atoms with van der Waals surface area (Å²) in [6.07, 6.45) is 0.360. The molecule has 3 heterocycles. The number of nitrogens with one attached hydrogen (secondary N) is 2. The lowest BCUT2D eigenvalue weighted by Crippen LogP contribution is -2.50. The maximum absolute atomic E-state index is 13.2. The lowest BCUT2D eigenvalue weighted by atomic mass is 9.99. The van der Waals surface area contributed by atoms with Gasteiger partial charge >= 0.3 is 0 Å². The predicted molar refractivity (Wildman–Crippen MR) is 114 cm³/mol. The highest BCUT2D eigenvalue weighted by molar-refractivity contribution is 5.99. The van der Waals surface area contributed by atoms with Gasteiger partial charge in [-0.15, -0.1) is 0 Å². The van der Waals surface area contributed by atoms with E-state index in [0.29, 0.717) is 54.3 Å². The molecule has 2 aliphatic heterocycles. The molecule has 2 aromatic carbocycles. The van der Waals surface area contributed by atoms with Crippen molar-refractivity contribution < 1.29 is 19.1 Å². The molecule has 0 spiro atoms. The Kier molecular flexibility index (Phi) is 4.62. The van der Waals surface area contributed by atoms with Crippen LogP contribution in [0.15, 0.2) is 47.3 Å². The Morgan fingerprint density at radius 1 is 1.06 bits per heavy atom. The minimum atomic E-state index is -1.02. The number of hydrogen-bond acceptors (Lipinski definition) is 5. The number of anilines is 1. The van der Waals surface area contributed by atoms with Crippen molar-refractivity contribution in [2.45, 2.75) is 19.4 Å². The summed E-state index contributed by atoms with van der Waals surface area (Å²) in [4.78, 5) is 42.6. The number of aromatic nitrogens is 1. The standard InChI is InChI=1S/C23H21N3O5/c1-13-2-4-15(5-3-13)24-23(29)21(26-7-6-20(26)27)16-10-14-11-18-19(31-9-8-30-18)12-17(14)25-22(16)28/h2-5,10-12,21H,6-9H2,1H3,(H,24,29)(H,25,28)/t21-/m0/s1. The fourth-order valence-electron chi connectivity index (χ4n) is 3.87. The summed E-state index contributed by atoms with van der Waals surface area (Å²) in [5.41, 5.74) is 2.03. The average Bonchev–Trinajstić information content (AvgIpc) is 2.76. The highest BCUT2D eigenvalue weighted by Gasteiger charge is 2.38. The van der Waals surface area contributed by atoms with Crippen LogP contribution in [-0.2, 0) is 9.59 Å². The SMILES string of the molecule is Cc1ccc(NC(=O)[C@H](c2cc3cc4c(cc3[nH]c2=O)OCCO4)N2CCC2=O)cc1. The van der Waals surface area contributed by atoms with E-state index in [4.69, 9.17) is 9.47 Å². The Hall–Kier alpha value is -3.81. The number of amides is 2. The number of pyridine rings is 1. The van der Waals surface area contributed by atoms with Crippen molar-refractivity contribution in [1.29, 1.82) is 0 Å². The lowest BCUT2D eigenvalue weighted by molar-refractivity contribution is -0.147. The van der Waals surface area contributed by atoms with E-state index in [1.807, 2.05) is 19.1 Å². The number of aromatic amines is 1. The van der Waals surface area contributed by atoms with Crippen LogP contribution >= 0.6 is 0 Å². The van der Waals surface area contributed by atoms with Gasteiger partial charge in [0.2, 0.25) is 5.91 Å². The van der Waals surface area contributed by atoms with Gasteiger partial charge in [-0.1, -0.05) is 17.7 Å². The quantitative estimate of drug-likeness (QED) is 0.633. The van der Waals surface area contributed by atoms with Crippen molar-refractivity contribution in [3.05, 3.63) is 63.9 Å². The zero-order valence-corrected chi connectivity index (χ0v) is 16.9. The van der Waals surface area contributed by atoms with E-state index in [1.165, 1.54) is 4.90 Å². The van der Waals surface area contributed by atoms with Gasteiger partial charge in [0.05, 0.1) is 5.52 Å². The molecule has 1 fully saturated rings. The highest BCUT2D eigenvalue weighted by atomic mass is 16.6. The van der Waals surface area contributed by atoms with Crippen molar-refractivity contribution in [2.75, 3.05) is 25.1 Å². The van der Waals surface area contributed by atoms with Crippen LogP contribution in [0.3, 0.4) is 0 Å². The number of likely N-dealkylation sites (tertiary alicyclic amines) is 1. The third-order valence-corrected chi connectivity index (χ3v) is 5.60. The molecule has 0 bridgehead atoms. The van der Waals surface area contributed by atoms with Gasteiger partial charge in [-0.3, -0.25) is 14.4 Å². The van der Waals surface area contributed by atoms with E-state index < -0.39 is 17.5 Å². The van der Waals surface area contributed by atoms with Crippen molar-refractivity contribution in [3.8, 4) is 11.5 Å². The molecular weight excluding hydrogens is 398 g/mol. The summed E-state index contributed by atoms with van der Waals surface area (Å²) in [5.74, 6) is 0.552. The van der Waals surface area contributed by atoms with Crippen molar-refractivity contribution in [2.24, 2.45) is 0 Å². The summed E-state index contributed by atoms with van der Waals surface area (Å²) >= 11 is 0. The molecule has 2 N–H and O–H groups in total. The first kappa shape index (κ1) is 19.2. The monoisotopic (exact) mass is 419 g/mol. The number of aryl methyl sites for hydroxylation is 1. The molecule has 3 aromatic rings. The molecule has 1 atom stereocenters. The molecule has 158 valence electrons. The third-order valence-electron chi connectivity index (χ3n) is 5.60. The Bertz CT molecular complexity index is 1250. The van der Waals surface area contributed by atoms with Crippen LogP contribution in [0.1, 0.15) is 23.6 Å². The number of nitrogens with zero attached hydrogens (tertiary/aromatic N) is 1. The Balaban J connectivity index is 1.56. The van der Waals surface area contributed by atoms with E-state index in [-0.39, 0.29) is 11.5 Å². The van der Waals surface area contributed by atoms with Gasteiger partial charge in [-0.2, -0.15) is 0 Å². The Morgan fingerprint density at radius 3 is 2.42 bits per heavy atom. The molecule has 0 saturated carbocycles. The first-order valence-corrected chi connectivity index (χ1v) is 10.1. The first-order chi connectivity index (χ1) is 15.0. The number of rotatable bonds is 4.